The molecule has 0 N–H and O–H groups in total. The molecular weight excluding hydrogens is 218 g/mol. The Morgan fingerprint density at radius 3 is 2.50 bits per heavy atom. The molecule has 0 atom stereocenters. The molecule has 3 heteroatoms. The molecule has 1 aromatic heterocycles. The van der Waals surface area contributed by atoms with Crippen LogP contribution in [0.5, 0.6) is 5.75 Å². The molecular formula is C13H13NOS. The van der Waals surface area contributed by atoms with Crippen molar-refractivity contribution < 1.29 is 4.74 Å². The molecule has 0 fully saturated rings. The van der Waals surface area contributed by atoms with Crippen LogP contribution in [0.1, 0.15) is 15.4 Å². The van der Waals surface area contributed by atoms with E-state index in [0.717, 1.165) is 16.3 Å². The third kappa shape index (κ3) is 2.70. The first kappa shape index (κ1) is 10.9. The van der Waals surface area contributed by atoms with Crippen LogP contribution in [-0.2, 0) is 0 Å². The van der Waals surface area contributed by atoms with E-state index in [1.807, 2.05) is 36.5 Å². The van der Waals surface area contributed by atoms with E-state index in [-0.39, 0.29) is 0 Å². The Morgan fingerprint density at radius 1 is 1.19 bits per heavy atom. The normalized spacial score (nSPS) is 10.9. The van der Waals surface area contributed by atoms with Gasteiger partial charge in [0, 0.05) is 11.1 Å². The topological polar surface area (TPSA) is 22.1 Å². The number of ether oxygens (including phenoxy) is 1. The summed E-state index contributed by atoms with van der Waals surface area (Å²) in [6.45, 7) is 2.06. The molecule has 2 aromatic rings. The van der Waals surface area contributed by atoms with Crippen molar-refractivity contribution in [1.82, 2.24) is 4.98 Å². The second-order valence-electron chi connectivity index (χ2n) is 3.42. The lowest BCUT2D eigenvalue weighted by atomic mass is 10.2. The quantitative estimate of drug-likeness (QED) is 0.804. The Morgan fingerprint density at radius 2 is 1.94 bits per heavy atom. The average Bonchev–Trinajstić information content (AvgIpc) is 2.73. The molecule has 0 saturated heterocycles. The molecule has 0 amide bonds. The third-order valence-electron chi connectivity index (χ3n) is 2.17. The molecule has 2 rings (SSSR count). The van der Waals surface area contributed by atoms with Gasteiger partial charge in [-0.2, -0.15) is 0 Å². The molecule has 82 valence electrons. The highest BCUT2D eigenvalue weighted by Gasteiger charge is 1.93. The number of rotatable bonds is 3. The van der Waals surface area contributed by atoms with Crippen molar-refractivity contribution in [3.63, 3.8) is 0 Å². The van der Waals surface area contributed by atoms with E-state index >= 15 is 0 Å². The Balaban J connectivity index is 2.11. The molecule has 0 saturated carbocycles. The highest BCUT2D eigenvalue weighted by atomic mass is 32.1. The summed E-state index contributed by atoms with van der Waals surface area (Å²) in [5, 5.41) is 1.04. The standard InChI is InChI=1S/C13H13NOS/c1-10-9-14-13(16-10)8-5-11-3-6-12(15-2)7-4-11/h3-9H,1-2H3/b8-5+. The van der Waals surface area contributed by atoms with Gasteiger partial charge in [-0.25, -0.2) is 4.98 Å². The van der Waals surface area contributed by atoms with E-state index in [0.29, 0.717) is 0 Å². The predicted octanol–water partition coefficient (Wildman–Crippen LogP) is 3.63. The summed E-state index contributed by atoms with van der Waals surface area (Å²) in [4.78, 5) is 5.50. The van der Waals surface area contributed by atoms with Crippen molar-refractivity contribution in [3.05, 3.63) is 45.9 Å². The summed E-state index contributed by atoms with van der Waals surface area (Å²) in [7, 11) is 1.67. The summed E-state index contributed by atoms with van der Waals surface area (Å²) in [5.41, 5.74) is 1.15. The molecule has 0 radical (unpaired) electrons. The van der Waals surface area contributed by atoms with Gasteiger partial charge >= 0.3 is 0 Å². The van der Waals surface area contributed by atoms with Crippen LogP contribution in [-0.4, -0.2) is 12.1 Å². The van der Waals surface area contributed by atoms with Gasteiger partial charge in [-0.1, -0.05) is 18.2 Å². The van der Waals surface area contributed by atoms with Gasteiger partial charge in [0.1, 0.15) is 10.8 Å². The SMILES string of the molecule is COc1ccc(/C=C/c2ncc(C)s2)cc1. The fourth-order valence-electron chi connectivity index (χ4n) is 1.33. The largest absolute Gasteiger partial charge is 0.497 e. The zero-order valence-electron chi connectivity index (χ0n) is 9.31. The molecule has 1 aromatic carbocycles. The first-order valence-electron chi connectivity index (χ1n) is 5.02. The maximum atomic E-state index is 5.10. The number of aromatic nitrogens is 1. The average molecular weight is 231 g/mol. The second-order valence-corrected chi connectivity index (χ2v) is 4.68. The number of methoxy groups -OCH3 is 1. The van der Waals surface area contributed by atoms with Crippen molar-refractivity contribution in [2.24, 2.45) is 0 Å². The number of benzene rings is 1. The van der Waals surface area contributed by atoms with Gasteiger partial charge in [-0.3, -0.25) is 0 Å². The lowest BCUT2D eigenvalue weighted by Crippen LogP contribution is -1.81. The summed E-state index contributed by atoms with van der Waals surface area (Å²) < 4.78 is 5.10. The number of thiazole rings is 1. The fourth-order valence-corrected chi connectivity index (χ4v) is 2.01. The minimum Gasteiger partial charge on any atom is -0.497 e. The number of hydrogen-bond acceptors (Lipinski definition) is 3. The first-order valence-corrected chi connectivity index (χ1v) is 5.84. The van der Waals surface area contributed by atoms with Crippen molar-refractivity contribution >= 4 is 23.5 Å². The van der Waals surface area contributed by atoms with Crippen LogP contribution in [0.3, 0.4) is 0 Å². The van der Waals surface area contributed by atoms with Gasteiger partial charge in [0.25, 0.3) is 0 Å². The first-order chi connectivity index (χ1) is 7.78. The predicted molar refractivity (Wildman–Crippen MR) is 68.8 cm³/mol. The van der Waals surface area contributed by atoms with Gasteiger partial charge in [0.15, 0.2) is 0 Å². The number of nitrogens with zero attached hydrogens (tertiary/aromatic N) is 1. The number of hydrogen-bond donors (Lipinski definition) is 0. The van der Waals surface area contributed by atoms with Crippen LogP contribution in [0.2, 0.25) is 0 Å². The minimum absolute atomic E-state index is 0.877. The van der Waals surface area contributed by atoms with E-state index in [9.17, 15) is 0 Å². The van der Waals surface area contributed by atoms with Crippen LogP contribution >= 0.6 is 11.3 Å². The molecule has 0 spiro atoms. The summed E-state index contributed by atoms with van der Waals surface area (Å²) in [6, 6.07) is 7.95. The van der Waals surface area contributed by atoms with Crippen LogP contribution < -0.4 is 4.74 Å². The monoisotopic (exact) mass is 231 g/mol. The van der Waals surface area contributed by atoms with Crippen molar-refractivity contribution in [1.29, 1.82) is 0 Å². The van der Waals surface area contributed by atoms with Gasteiger partial charge in [-0.15, -0.1) is 11.3 Å². The Labute approximate surface area is 99.2 Å². The zero-order valence-corrected chi connectivity index (χ0v) is 10.1. The van der Waals surface area contributed by atoms with E-state index in [1.54, 1.807) is 18.4 Å². The summed E-state index contributed by atoms with van der Waals surface area (Å²) in [6.07, 6.45) is 5.97. The van der Waals surface area contributed by atoms with Crippen molar-refractivity contribution in [2.75, 3.05) is 7.11 Å². The lowest BCUT2D eigenvalue weighted by molar-refractivity contribution is 0.415. The highest BCUT2D eigenvalue weighted by molar-refractivity contribution is 7.12. The van der Waals surface area contributed by atoms with Crippen LogP contribution in [0.4, 0.5) is 0 Å². The number of aryl methyl sites for hydroxylation is 1. The van der Waals surface area contributed by atoms with Gasteiger partial charge in [-0.05, 0) is 30.7 Å². The van der Waals surface area contributed by atoms with Gasteiger partial charge in [0.05, 0.1) is 7.11 Å². The fraction of sp³-hybridized carbons (Fsp3) is 0.154. The van der Waals surface area contributed by atoms with Crippen LogP contribution in [0, 0.1) is 6.92 Å². The molecule has 0 unspecified atom stereocenters. The maximum absolute atomic E-state index is 5.10. The van der Waals surface area contributed by atoms with E-state index < -0.39 is 0 Å². The van der Waals surface area contributed by atoms with Crippen molar-refractivity contribution in [3.8, 4) is 5.75 Å². The second kappa shape index (κ2) is 4.94. The Bertz CT molecular complexity index is 485. The van der Waals surface area contributed by atoms with Gasteiger partial charge in [0.2, 0.25) is 0 Å². The maximum Gasteiger partial charge on any atom is 0.118 e. The zero-order chi connectivity index (χ0) is 11.4. The van der Waals surface area contributed by atoms with Crippen molar-refractivity contribution in [2.45, 2.75) is 6.92 Å². The third-order valence-corrected chi connectivity index (χ3v) is 3.05. The molecule has 0 aliphatic heterocycles. The van der Waals surface area contributed by atoms with Crippen LogP contribution in [0.25, 0.3) is 12.2 Å². The molecule has 16 heavy (non-hydrogen) atoms. The molecule has 1 heterocycles. The Kier molecular flexibility index (Phi) is 3.37. The van der Waals surface area contributed by atoms with Gasteiger partial charge < -0.3 is 4.74 Å². The smallest absolute Gasteiger partial charge is 0.118 e. The summed E-state index contributed by atoms with van der Waals surface area (Å²) >= 11 is 1.69. The van der Waals surface area contributed by atoms with Crippen LogP contribution in [0.15, 0.2) is 30.5 Å². The summed E-state index contributed by atoms with van der Waals surface area (Å²) in [5.74, 6) is 0.877. The lowest BCUT2D eigenvalue weighted by Gasteiger charge is -1.98. The van der Waals surface area contributed by atoms with E-state index in [2.05, 4.69) is 18.0 Å². The molecule has 0 bridgehead atoms. The van der Waals surface area contributed by atoms with E-state index in [1.165, 1.54) is 4.88 Å². The highest BCUT2D eigenvalue weighted by Crippen LogP contribution is 2.16. The van der Waals surface area contributed by atoms with E-state index in [4.69, 9.17) is 4.74 Å². The molecule has 2 nitrogen and oxygen atoms in total. The Hall–Kier alpha value is -1.61. The molecule has 0 aliphatic rings. The minimum atomic E-state index is 0.877. The molecule has 0 aliphatic carbocycles.